The molecule has 3 rings (SSSR count). The number of likely N-dealkylation sites (tertiary alicyclic amines) is 1. The number of hydrogen-bond donors (Lipinski definition) is 2. The van der Waals surface area contributed by atoms with Crippen molar-refractivity contribution in [2.24, 2.45) is 17.8 Å². The highest BCUT2D eigenvalue weighted by molar-refractivity contribution is 6.09. The second-order valence-electron chi connectivity index (χ2n) is 7.86. The van der Waals surface area contributed by atoms with Crippen LogP contribution in [0.3, 0.4) is 0 Å². The monoisotopic (exact) mass is 398 g/mol. The second kappa shape index (κ2) is 6.58. The molecule has 0 aliphatic carbocycles. The number of nitrogens with zero attached hydrogens (tertiary/aromatic N) is 1. The number of hydrogen-bond acceptors (Lipinski definition) is 4. The van der Waals surface area contributed by atoms with Crippen molar-refractivity contribution >= 4 is 17.8 Å². The molecular formula is C19H21F3N2O4. The van der Waals surface area contributed by atoms with E-state index in [0.29, 0.717) is 5.56 Å². The molecule has 2 saturated heterocycles. The number of alkyl halides is 3. The largest absolute Gasteiger partial charge is 0.480 e. The number of carbonyl (C=O) groups is 3. The smallest absolute Gasteiger partial charge is 0.416 e. The predicted molar refractivity (Wildman–Crippen MR) is 91.9 cm³/mol. The molecule has 2 amide bonds. The highest BCUT2D eigenvalue weighted by Crippen LogP contribution is 2.50. The van der Waals surface area contributed by atoms with Crippen LogP contribution in [0.25, 0.3) is 0 Å². The number of rotatable bonds is 4. The van der Waals surface area contributed by atoms with Crippen LogP contribution in [0.4, 0.5) is 13.2 Å². The van der Waals surface area contributed by atoms with Crippen molar-refractivity contribution in [3.8, 4) is 0 Å². The molecule has 4 unspecified atom stereocenters. The molecule has 2 aliphatic rings. The molecule has 28 heavy (non-hydrogen) atoms. The topological polar surface area (TPSA) is 86.7 Å². The summed E-state index contributed by atoms with van der Waals surface area (Å²) in [6.07, 6.45) is -4.40. The number of carbonyl (C=O) groups excluding carboxylic acids is 2. The summed E-state index contributed by atoms with van der Waals surface area (Å²) in [7, 11) is 1.30. The van der Waals surface area contributed by atoms with Crippen molar-refractivity contribution in [3.63, 3.8) is 0 Å². The number of aliphatic carboxylic acids is 1. The Hall–Kier alpha value is -2.42. The summed E-state index contributed by atoms with van der Waals surface area (Å²) in [5.74, 6) is -4.55. The first kappa shape index (κ1) is 20.3. The average molecular weight is 398 g/mol. The summed E-state index contributed by atoms with van der Waals surface area (Å²) in [6.45, 7) is 3.61. The summed E-state index contributed by atoms with van der Waals surface area (Å²) in [5, 5.41) is 12.9. The fourth-order valence-corrected chi connectivity index (χ4v) is 4.43. The van der Waals surface area contributed by atoms with Gasteiger partial charge in [0.15, 0.2) is 0 Å². The van der Waals surface area contributed by atoms with Crippen LogP contribution in [-0.2, 0) is 20.6 Å². The standard InChI is InChI=1S/C19H21F3N2O4/c1-9(2)8-18(17(27)28)13-12(15(25)24(3)16(13)26)14(23-18)10-4-6-11(7-5-10)19(20,21)22/h4-7,9,12-14,23H,8H2,1-3H3,(H,27,28). The molecule has 2 N–H and O–H groups in total. The van der Waals surface area contributed by atoms with Gasteiger partial charge in [0.25, 0.3) is 0 Å². The third-order valence-corrected chi connectivity index (χ3v) is 5.58. The van der Waals surface area contributed by atoms with E-state index < -0.39 is 52.9 Å². The van der Waals surface area contributed by atoms with E-state index in [2.05, 4.69) is 5.32 Å². The molecule has 4 atom stereocenters. The summed E-state index contributed by atoms with van der Waals surface area (Å²) >= 11 is 0. The number of carboxylic acids is 1. The number of carboxylic acid groups (broad SMARTS) is 1. The lowest BCUT2D eigenvalue weighted by Crippen LogP contribution is -2.56. The van der Waals surface area contributed by atoms with E-state index in [4.69, 9.17) is 0 Å². The lowest BCUT2D eigenvalue weighted by atomic mass is 9.75. The van der Waals surface area contributed by atoms with Gasteiger partial charge in [-0.2, -0.15) is 13.2 Å². The van der Waals surface area contributed by atoms with Gasteiger partial charge in [-0.1, -0.05) is 26.0 Å². The maximum absolute atomic E-state index is 12.8. The van der Waals surface area contributed by atoms with Gasteiger partial charge in [-0.25, -0.2) is 0 Å². The van der Waals surface area contributed by atoms with Crippen LogP contribution in [0.2, 0.25) is 0 Å². The van der Waals surface area contributed by atoms with Gasteiger partial charge < -0.3 is 5.11 Å². The van der Waals surface area contributed by atoms with Crippen LogP contribution in [0.1, 0.15) is 37.4 Å². The zero-order valence-corrected chi connectivity index (χ0v) is 15.6. The molecule has 152 valence electrons. The Balaban J connectivity index is 2.09. The Labute approximate surface area is 159 Å². The highest BCUT2D eigenvalue weighted by Gasteiger charge is 2.67. The van der Waals surface area contributed by atoms with E-state index in [-0.39, 0.29) is 12.3 Å². The lowest BCUT2D eigenvalue weighted by Gasteiger charge is -2.32. The molecular weight excluding hydrogens is 377 g/mol. The number of fused-ring (bicyclic) bond motifs is 1. The van der Waals surface area contributed by atoms with E-state index in [1.54, 1.807) is 13.8 Å². The molecule has 9 heteroatoms. The van der Waals surface area contributed by atoms with Crippen molar-refractivity contribution in [2.75, 3.05) is 7.05 Å². The first-order valence-electron chi connectivity index (χ1n) is 8.90. The minimum absolute atomic E-state index is 0.0931. The molecule has 0 saturated carbocycles. The Kier molecular flexibility index (Phi) is 4.77. The first-order chi connectivity index (χ1) is 12.9. The molecule has 1 aromatic carbocycles. The maximum Gasteiger partial charge on any atom is 0.416 e. The molecule has 0 spiro atoms. The van der Waals surface area contributed by atoms with E-state index in [0.717, 1.165) is 17.0 Å². The molecule has 2 heterocycles. The van der Waals surface area contributed by atoms with Crippen LogP contribution in [0, 0.1) is 17.8 Å². The van der Waals surface area contributed by atoms with Gasteiger partial charge in [0.05, 0.1) is 17.4 Å². The normalized spacial score (nSPS) is 30.2. The minimum Gasteiger partial charge on any atom is -0.480 e. The van der Waals surface area contributed by atoms with Gasteiger partial charge in [-0.05, 0) is 30.0 Å². The number of halogens is 3. The van der Waals surface area contributed by atoms with Gasteiger partial charge in [0, 0.05) is 13.1 Å². The average Bonchev–Trinajstić information content (AvgIpc) is 3.04. The molecule has 2 aliphatic heterocycles. The molecule has 0 radical (unpaired) electrons. The number of amides is 2. The summed E-state index contributed by atoms with van der Waals surface area (Å²) in [5.41, 5.74) is -2.17. The SMILES string of the molecule is CC(C)CC1(C(=O)O)NC(c2ccc(C(F)(F)F)cc2)C2C(=O)N(C)C(=O)C21. The zero-order chi connectivity index (χ0) is 21.0. The van der Waals surface area contributed by atoms with E-state index >= 15 is 0 Å². The van der Waals surface area contributed by atoms with Gasteiger partial charge in [-0.3, -0.25) is 24.6 Å². The maximum atomic E-state index is 12.8. The van der Waals surface area contributed by atoms with Crippen molar-refractivity contribution in [3.05, 3.63) is 35.4 Å². The molecule has 0 bridgehead atoms. The highest BCUT2D eigenvalue weighted by atomic mass is 19.4. The van der Waals surface area contributed by atoms with Gasteiger partial charge in [-0.15, -0.1) is 0 Å². The van der Waals surface area contributed by atoms with Crippen molar-refractivity contribution in [1.82, 2.24) is 10.2 Å². The summed E-state index contributed by atoms with van der Waals surface area (Å²) in [6, 6.07) is 3.35. The quantitative estimate of drug-likeness (QED) is 0.761. The Bertz CT molecular complexity index is 821. The summed E-state index contributed by atoms with van der Waals surface area (Å²) < 4.78 is 38.5. The number of imide groups is 1. The number of nitrogens with one attached hydrogen (secondary N) is 1. The van der Waals surface area contributed by atoms with Crippen LogP contribution in [0.15, 0.2) is 24.3 Å². The van der Waals surface area contributed by atoms with Crippen LogP contribution < -0.4 is 5.32 Å². The van der Waals surface area contributed by atoms with Crippen LogP contribution >= 0.6 is 0 Å². The lowest BCUT2D eigenvalue weighted by molar-refractivity contribution is -0.151. The van der Waals surface area contributed by atoms with Gasteiger partial charge in [0.2, 0.25) is 11.8 Å². The third kappa shape index (κ3) is 2.97. The Morgan fingerprint density at radius 2 is 1.79 bits per heavy atom. The van der Waals surface area contributed by atoms with Crippen molar-refractivity contribution < 1.29 is 32.7 Å². The molecule has 6 nitrogen and oxygen atoms in total. The van der Waals surface area contributed by atoms with Crippen LogP contribution in [-0.4, -0.2) is 40.4 Å². The minimum atomic E-state index is -4.51. The Morgan fingerprint density at radius 3 is 2.25 bits per heavy atom. The van der Waals surface area contributed by atoms with E-state index in [1.807, 2.05) is 0 Å². The fraction of sp³-hybridized carbons (Fsp3) is 0.526. The molecule has 1 aromatic rings. The van der Waals surface area contributed by atoms with Gasteiger partial charge in [0.1, 0.15) is 5.54 Å². The van der Waals surface area contributed by atoms with Gasteiger partial charge >= 0.3 is 12.1 Å². The van der Waals surface area contributed by atoms with E-state index in [9.17, 15) is 32.7 Å². The fourth-order valence-electron chi connectivity index (χ4n) is 4.43. The number of benzene rings is 1. The molecule has 2 fully saturated rings. The zero-order valence-electron chi connectivity index (χ0n) is 15.6. The molecule has 0 aromatic heterocycles. The Morgan fingerprint density at radius 1 is 1.21 bits per heavy atom. The van der Waals surface area contributed by atoms with Crippen molar-refractivity contribution in [2.45, 2.75) is 38.0 Å². The third-order valence-electron chi connectivity index (χ3n) is 5.58. The van der Waals surface area contributed by atoms with Crippen molar-refractivity contribution in [1.29, 1.82) is 0 Å². The van der Waals surface area contributed by atoms with E-state index in [1.165, 1.54) is 19.2 Å². The van der Waals surface area contributed by atoms with Crippen LogP contribution in [0.5, 0.6) is 0 Å². The predicted octanol–water partition coefficient (Wildman–Crippen LogP) is 2.45. The summed E-state index contributed by atoms with van der Waals surface area (Å²) in [4.78, 5) is 38.6. The first-order valence-corrected chi connectivity index (χ1v) is 8.90. The second-order valence-corrected chi connectivity index (χ2v) is 7.86.